The lowest BCUT2D eigenvalue weighted by molar-refractivity contribution is -0.315. The van der Waals surface area contributed by atoms with Crippen molar-refractivity contribution in [3.05, 3.63) is 0 Å². The fourth-order valence-electron chi connectivity index (χ4n) is 8.80. The second-order valence-corrected chi connectivity index (χ2v) is 11.4. The van der Waals surface area contributed by atoms with E-state index in [2.05, 4.69) is 13.8 Å². The summed E-state index contributed by atoms with van der Waals surface area (Å²) in [5, 5.41) is 22.3. The summed E-state index contributed by atoms with van der Waals surface area (Å²) in [5.74, 6) is 0.792. The predicted molar refractivity (Wildman–Crippen MR) is 111 cm³/mol. The molecule has 0 radical (unpaired) electrons. The molecule has 0 saturated heterocycles. The van der Waals surface area contributed by atoms with Crippen LogP contribution in [0.1, 0.15) is 84.5 Å². The summed E-state index contributed by atoms with van der Waals surface area (Å²) in [6.45, 7) is 4.81. The maximum Gasteiger partial charge on any atom is 0.305 e. The molecule has 1 N–H and O–H groups in total. The highest BCUT2D eigenvalue weighted by molar-refractivity contribution is 5.72. The van der Waals surface area contributed by atoms with Gasteiger partial charge in [-0.05, 0) is 105 Å². The van der Waals surface area contributed by atoms with E-state index in [9.17, 15) is 19.8 Å². The third-order valence-corrected chi connectivity index (χ3v) is 10.4. The van der Waals surface area contributed by atoms with Crippen molar-refractivity contribution in [3.63, 3.8) is 0 Å². The van der Waals surface area contributed by atoms with Crippen LogP contribution in [0, 0.1) is 46.3 Å². The molecule has 0 aromatic rings. The molecule has 0 aromatic heterocycles. The zero-order valence-corrected chi connectivity index (χ0v) is 18.9. The number of esters is 1. The average molecular weight is 420 g/mol. The number of methoxy groups -OCH3 is 1. The minimum absolute atomic E-state index is 0.0272. The first-order valence-corrected chi connectivity index (χ1v) is 12.2. The van der Waals surface area contributed by atoms with Gasteiger partial charge in [0.25, 0.3) is 0 Å². The number of aliphatic carboxylic acids is 1. The molecule has 0 spiro atoms. The van der Waals surface area contributed by atoms with E-state index in [1.165, 1.54) is 26.4 Å². The van der Waals surface area contributed by atoms with E-state index in [1.54, 1.807) is 0 Å². The summed E-state index contributed by atoms with van der Waals surface area (Å²) >= 11 is 0. The van der Waals surface area contributed by atoms with Crippen LogP contribution in [-0.2, 0) is 14.3 Å². The van der Waals surface area contributed by atoms with Crippen molar-refractivity contribution in [2.45, 2.75) is 90.6 Å². The van der Waals surface area contributed by atoms with E-state index < -0.39 is 11.9 Å². The number of carbonyl (C=O) groups is 2. The minimum Gasteiger partial charge on any atom is -0.550 e. The standard InChI is InChI=1S/C25H40O5/c1-24-12-10-16(26)14-15(24)4-5-17-19-7-8-20(25(19,2)13-11-21(17)24)18(23(28)29)6-9-22(27)30-3/h15-21,26H,4-14H2,1-3H3,(H,28,29)/p-1/t15-,16+,17?,18-,19?,20-,21?,24+,25+/m1/s1. The number of rotatable bonds is 5. The molecule has 0 aromatic carbocycles. The normalized spacial score (nSPS) is 46.3. The molecular weight excluding hydrogens is 380 g/mol. The number of aliphatic hydroxyl groups excluding tert-OH is 1. The molecule has 0 bridgehead atoms. The van der Waals surface area contributed by atoms with Crippen LogP contribution in [0.25, 0.3) is 0 Å². The van der Waals surface area contributed by atoms with Gasteiger partial charge in [-0.3, -0.25) is 4.79 Å². The smallest absolute Gasteiger partial charge is 0.305 e. The van der Waals surface area contributed by atoms with Crippen LogP contribution in [0.4, 0.5) is 0 Å². The fraction of sp³-hybridized carbons (Fsp3) is 0.920. The molecule has 4 fully saturated rings. The van der Waals surface area contributed by atoms with Crippen molar-refractivity contribution in [1.29, 1.82) is 0 Å². The fourth-order valence-corrected chi connectivity index (χ4v) is 8.80. The summed E-state index contributed by atoms with van der Waals surface area (Å²) in [6.07, 6.45) is 10.1. The molecule has 30 heavy (non-hydrogen) atoms. The Morgan fingerprint density at radius 1 is 1.03 bits per heavy atom. The van der Waals surface area contributed by atoms with Crippen molar-refractivity contribution >= 4 is 11.9 Å². The highest BCUT2D eigenvalue weighted by atomic mass is 16.5. The molecule has 170 valence electrons. The van der Waals surface area contributed by atoms with E-state index in [0.717, 1.165) is 38.5 Å². The van der Waals surface area contributed by atoms with Gasteiger partial charge in [0.1, 0.15) is 0 Å². The molecule has 4 aliphatic rings. The first kappa shape index (κ1) is 22.1. The Morgan fingerprint density at radius 2 is 1.73 bits per heavy atom. The van der Waals surface area contributed by atoms with Crippen molar-refractivity contribution in [2.24, 2.45) is 46.3 Å². The number of hydrogen-bond donors (Lipinski definition) is 1. The second-order valence-electron chi connectivity index (χ2n) is 11.4. The first-order chi connectivity index (χ1) is 14.2. The zero-order chi connectivity index (χ0) is 21.7. The van der Waals surface area contributed by atoms with Gasteiger partial charge in [0.15, 0.2) is 0 Å². The van der Waals surface area contributed by atoms with Gasteiger partial charge in [0.2, 0.25) is 0 Å². The molecule has 9 atom stereocenters. The first-order valence-electron chi connectivity index (χ1n) is 12.2. The number of hydrogen-bond acceptors (Lipinski definition) is 5. The Morgan fingerprint density at radius 3 is 2.43 bits per heavy atom. The second kappa shape index (κ2) is 8.11. The summed E-state index contributed by atoms with van der Waals surface area (Å²) < 4.78 is 4.74. The van der Waals surface area contributed by atoms with Crippen LogP contribution in [0.2, 0.25) is 0 Å². The Labute approximate surface area is 180 Å². The molecule has 5 heteroatoms. The van der Waals surface area contributed by atoms with E-state index in [0.29, 0.717) is 35.5 Å². The molecule has 5 nitrogen and oxygen atoms in total. The van der Waals surface area contributed by atoms with Gasteiger partial charge in [-0.2, -0.15) is 0 Å². The van der Waals surface area contributed by atoms with Gasteiger partial charge in [-0.25, -0.2) is 0 Å². The molecule has 0 amide bonds. The van der Waals surface area contributed by atoms with E-state index in [4.69, 9.17) is 4.74 Å². The Bertz CT molecular complexity index is 676. The van der Waals surface area contributed by atoms with Crippen LogP contribution in [0.15, 0.2) is 0 Å². The topological polar surface area (TPSA) is 86.7 Å². The summed E-state index contributed by atoms with van der Waals surface area (Å²) in [5.41, 5.74) is 0.361. The van der Waals surface area contributed by atoms with Gasteiger partial charge in [-0.15, -0.1) is 0 Å². The van der Waals surface area contributed by atoms with Crippen LogP contribution in [0.5, 0.6) is 0 Å². The predicted octanol–water partition coefficient (Wildman–Crippen LogP) is 3.33. The zero-order valence-electron chi connectivity index (χ0n) is 18.9. The van der Waals surface area contributed by atoms with Crippen molar-refractivity contribution in [1.82, 2.24) is 0 Å². The number of fused-ring (bicyclic) bond motifs is 5. The lowest BCUT2D eigenvalue weighted by atomic mass is 9.44. The number of carbonyl (C=O) groups excluding carboxylic acids is 2. The van der Waals surface area contributed by atoms with Crippen LogP contribution < -0.4 is 5.11 Å². The Hall–Kier alpha value is -1.10. The minimum atomic E-state index is -0.996. The van der Waals surface area contributed by atoms with Crippen LogP contribution >= 0.6 is 0 Å². The van der Waals surface area contributed by atoms with Crippen LogP contribution in [-0.4, -0.2) is 30.3 Å². The van der Waals surface area contributed by atoms with Crippen molar-refractivity contribution in [2.75, 3.05) is 7.11 Å². The molecular formula is C25H39O5-. The maximum atomic E-state index is 12.1. The van der Waals surface area contributed by atoms with Crippen molar-refractivity contribution < 1.29 is 24.5 Å². The molecule has 4 rings (SSSR count). The van der Waals surface area contributed by atoms with Gasteiger partial charge in [0.05, 0.1) is 13.2 Å². The average Bonchev–Trinajstić information content (AvgIpc) is 3.05. The highest BCUT2D eigenvalue weighted by Crippen LogP contribution is 2.68. The summed E-state index contributed by atoms with van der Waals surface area (Å²) in [6, 6.07) is 0. The monoisotopic (exact) mass is 419 g/mol. The van der Waals surface area contributed by atoms with Crippen LogP contribution in [0.3, 0.4) is 0 Å². The van der Waals surface area contributed by atoms with Gasteiger partial charge < -0.3 is 19.7 Å². The molecule has 3 unspecified atom stereocenters. The molecule has 0 heterocycles. The van der Waals surface area contributed by atoms with Crippen molar-refractivity contribution in [3.8, 4) is 0 Å². The van der Waals surface area contributed by atoms with E-state index >= 15 is 0 Å². The third-order valence-electron chi connectivity index (χ3n) is 10.4. The third kappa shape index (κ3) is 3.49. The van der Waals surface area contributed by atoms with E-state index in [-0.39, 0.29) is 29.8 Å². The SMILES string of the molecule is COC(=O)CC[C@@H](C(=O)[O-])[C@H]1CCC2C3CC[C@@H]4C[C@@H](O)CC[C@]4(C)C3CC[C@@]21C. The van der Waals surface area contributed by atoms with Gasteiger partial charge in [0, 0.05) is 18.3 Å². The summed E-state index contributed by atoms with van der Waals surface area (Å²) in [7, 11) is 1.35. The Kier molecular flexibility index (Phi) is 5.97. The quantitative estimate of drug-likeness (QED) is 0.691. The molecule has 4 saturated carbocycles. The number of ether oxygens (including phenoxy) is 1. The lowest BCUT2D eigenvalue weighted by Gasteiger charge is -2.61. The molecule has 0 aliphatic heterocycles. The molecule has 4 aliphatic carbocycles. The number of aliphatic hydroxyl groups is 1. The Balaban J connectivity index is 1.53. The lowest BCUT2D eigenvalue weighted by Crippen LogP contribution is -2.54. The largest absolute Gasteiger partial charge is 0.550 e. The highest BCUT2D eigenvalue weighted by Gasteiger charge is 2.60. The van der Waals surface area contributed by atoms with E-state index in [1.807, 2.05) is 0 Å². The number of carboxylic acid groups (broad SMARTS) is 1. The summed E-state index contributed by atoms with van der Waals surface area (Å²) in [4.78, 5) is 23.7. The van der Waals surface area contributed by atoms with Gasteiger partial charge >= 0.3 is 5.97 Å². The number of carboxylic acids is 1. The van der Waals surface area contributed by atoms with Gasteiger partial charge in [-0.1, -0.05) is 13.8 Å². The maximum absolute atomic E-state index is 12.1.